The first kappa shape index (κ1) is 19.4. The first-order valence-corrected chi connectivity index (χ1v) is 10.2. The quantitative estimate of drug-likeness (QED) is 0.568. The molecular weight excluding hydrogens is 406 g/mol. The van der Waals surface area contributed by atoms with Gasteiger partial charge in [-0.2, -0.15) is 0 Å². The number of carbonyl (C=O) groups is 2. The highest BCUT2D eigenvalue weighted by molar-refractivity contribution is 7.99. The zero-order valence-corrected chi connectivity index (χ0v) is 16.7. The summed E-state index contributed by atoms with van der Waals surface area (Å²) in [5, 5.41) is 14.6. The fourth-order valence-electron chi connectivity index (χ4n) is 2.39. The highest BCUT2D eigenvalue weighted by Crippen LogP contribution is 2.26. The van der Waals surface area contributed by atoms with Gasteiger partial charge in [-0.05, 0) is 42.6 Å². The molecule has 140 valence electrons. The number of halogens is 1. The summed E-state index contributed by atoms with van der Waals surface area (Å²) in [5.41, 5.74) is 6.49. The molecule has 0 radical (unpaired) electrons. The van der Waals surface area contributed by atoms with Crippen molar-refractivity contribution in [3.63, 3.8) is 0 Å². The van der Waals surface area contributed by atoms with E-state index in [9.17, 15) is 9.59 Å². The number of rotatable bonds is 7. The maximum absolute atomic E-state index is 12.2. The predicted octanol–water partition coefficient (Wildman–Crippen LogP) is 3.51. The summed E-state index contributed by atoms with van der Waals surface area (Å²) in [6.07, 6.45) is 0. The van der Waals surface area contributed by atoms with Crippen LogP contribution in [0.5, 0.6) is 0 Å². The second kappa shape index (κ2) is 8.55. The lowest BCUT2D eigenvalue weighted by Crippen LogP contribution is -2.18. The number of nitrogens with two attached hydrogens (primary N) is 1. The van der Waals surface area contributed by atoms with Gasteiger partial charge in [0.15, 0.2) is 11.0 Å². The molecule has 3 N–H and O–H groups in total. The molecule has 10 heteroatoms. The van der Waals surface area contributed by atoms with Crippen molar-refractivity contribution < 1.29 is 9.59 Å². The minimum absolute atomic E-state index is 0.134. The lowest BCUT2D eigenvalue weighted by molar-refractivity contribution is -0.113. The Kier molecular flexibility index (Phi) is 6.15. The summed E-state index contributed by atoms with van der Waals surface area (Å²) in [7, 11) is 0. The molecule has 2 aromatic heterocycles. The van der Waals surface area contributed by atoms with E-state index in [0.717, 1.165) is 5.56 Å². The average molecular weight is 422 g/mol. The van der Waals surface area contributed by atoms with Gasteiger partial charge in [-0.15, -0.1) is 21.5 Å². The van der Waals surface area contributed by atoms with E-state index >= 15 is 0 Å². The summed E-state index contributed by atoms with van der Waals surface area (Å²) in [5.74, 6) is 0.0296. The van der Waals surface area contributed by atoms with Crippen LogP contribution in [0.3, 0.4) is 0 Å². The molecule has 3 aromatic rings. The van der Waals surface area contributed by atoms with Crippen LogP contribution in [0.2, 0.25) is 5.02 Å². The third kappa shape index (κ3) is 4.49. The van der Waals surface area contributed by atoms with Gasteiger partial charge in [0.2, 0.25) is 5.91 Å². The number of thiophene rings is 1. The van der Waals surface area contributed by atoms with Crippen LogP contribution < -0.4 is 11.1 Å². The lowest BCUT2D eigenvalue weighted by Gasteiger charge is -2.08. The van der Waals surface area contributed by atoms with E-state index in [-0.39, 0.29) is 11.7 Å². The molecule has 0 atom stereocenters. The summed E-state index contributed by atoms with van der Waals surface area (Å²) >= 11 is 8.46. The first-order valence-electron chi connectivity index (χ1n) is 7.98. The number of primary amides is 1. The molecular formula is C17H16ClN5O2S2. The second-order valence-corrected chi connectivity index (χ2v) is 7.72. The Morgan fingerprint density at radius 3 is 2.67 bits per heavy atom. The van der Waals surface area contributed by atoms with Gasteiger partial charge in [0.05, 0.1) is 11.3 Å². The zero-order chi connectivity index (χ0) is 19.4. The number of benzene rings is 1. The van der Waals surface area contributed by atoms with Crippen molar-refractivity contribution in [2.24, 2.45) is 5.73 Å². The van der Waals surface area contributed by atoms with Gasteiger partial charge in [-0.25, -0.2) is 0 Å². The van der Waals surface area contributed by atoms with Gasteiger partial charge in [0, 0.05) is 17.1 Å². The average Bonchev–Trinajstić information content (AvgIpc) is 3.27. The summed E-state index contributed by atoms with van der Waals surface area (Å²) in [6, 6.07) is 8.93. The number of amides is 2. The summed E-state index contributed by atoms with van der Waals surface area (Å²) < 4.78 is 1.93. The molecule has 27 heavy (non-hydrogen) atoms. The van der Waals surface area contributed by atoms with Crippen LogP contribution in [0.4, 0.5) is 5.00 Å². The van der Waals surface area contributed by atoms with Crippen LogP contribution in [0.25, 0.3) is 11.4 Å². The summed E-state index contributed by atoms with van der Waals surface area (Å²) in [6.45, 7) is 2.64. The van der Waals surface area contributed by atoms with E-state index in [0.29, 0.717) is 33.1 Å². The SMILES string of the molecule is CCn1c(SCC(=O)Nc2sccc2C(N)=O)nnc1-c1ccc(Cl)cc1. The number of nitrogens with one attached hydrogen (secondary N) is 1. The Balaban J connectivity index is 1.69. The zero-order valence-electron chi connectivity index (χ0n) is 14.3. The Bertz CT molecular complexity index is 968. The van der Waals surface area contributed by atoms with E-state index < -0.39 is 5.91 Å². The highest BCUT2D eigenvalue weighted by Gasteiger charge is 2.16. The lowest BCUT2D eigenvalue weighted by atomic mass is 10.2. The summed E-state index contributed by atoms with van der Waals surface area (Å²) in [4.78, 5) is 23.6. The molecule has 0 aliphatic carbocycles. The van der Waals surface area contributed by atoms with Crippen molar-refractivity contribution in [1.29, 1.82) is 0 Å². The van der Waals surface area contributed by atoms with Crippen LogP contribution >= 0.6 is 34.7 Å². The molecule has 0 saturated heterocycles. The minimum atomic E-state index is -0.572. The number of aromatic nitrogens is 3. The second-order valence-electron chi connectivity index (χ2n) is 5.42. The number of hydrogen-bond acceptors (Lipinski definition) is 6. The molecule has 0 aliphatic rings. The van der Waals surface area contributed by atoms with Crippen molar-refractivity contribution in [2.45, 2.75) is 18.6 Å². The molecule has 3 rings (SSSR count). The maximum Gasteiger partial charge on any atom is 0.251 e. The molecule has 2 amide bonds. The number of thioether (sulfide) groups is 1. The Hall–Kier alpha value is -2.36. The van der Waals surface area contributed by atoms with Crippen LogP contribution in [0, 0.1) is 0 Å². The number of carbonyl (C=O) groups excluding carboxylic acids is 2. The highest BCUT2D eigenvalue weighted by atomic mass is 35.5. The monoisotopic (exact) mass is 421 g/mol. The topological polar surface area (TPSA) is 103 Å². The number of nitrogens with zero attached hydrogens (tertiary/aromatic N) is 3. The molecule has 0 spiro atoms. The molecule has 0 fully saturated rings. The fourth-order valence-corrected chi connectivity index (χ4v) is 4.12. The predicted molar refractivity (Wildman–Crippen MR) is 108 cm³/mol. The van der Waals surface area contributed by atoms with Gasteiger partial charge in [0.25, 0.3) is 5.91 Å². The van der Waals surface area contributed by atoms with Gasteiger partial charge in [-0.3, -0.25) is 9.59 Å². The van der Waals surface area contributed by atoms with Crippen LogP contribution in [-0.4, -0.2) is 32.3 Å². The van der Waals surface area contributed by atoms with Crippen LogP contribution in [-0.2, 0) is 11.3 Å². The van der Waals surface area contributed by atoms with Crippen molar-refractivity contribution in [2.75, 3.05) is 11.1 Å². The Morgan fingerprint density at radius 2 is 2.00 bits per heavy atom. The largest absolute Gasteiger partial charge is 0.366 e. The van der Waals surface area contributed by atoms with E-state index in [4.69, 9.17) is 17.3 Å². The Labute approximate surface area is 168 Å². The molecule has 2 heterocycles. The maximum atomic E-state index is 12.2. The molecule has 0 unspecified atom stereocenters. The van der Waals surface area contributed by atoms with Crippen LogP contribution in [0.1, 0.15) is 17.3 Å². The first-order chi connectivity index (χ1) is 13.0. The van der Waals surface area contributed by atoms with E-state index in [1.165, 1.54) is 23.1 Å². The van der Waals surface area contributed by atoms with E-state index in [2.05, 4.69) is 15.5 Å². The molecule has 0 aliphatic heterocycles. The van der Waals surface area contributed by atoms with Crippen molar-refractivity contribution in [3.8, 4) is 11.4 Å². The third-order valence-electron chi connectivity index (χ3n) is 3.65. The van der Waals surface area contributed by atoms with Crippen molar-refractivity contribution >= 4 is 51.5 Å². The van der Waals surface area contributed by atoms with E-state index in [1.807, 2.05) is 23.6 Å². The van der Waals surface area contributed by atoms with Gasteiger partial charge >= 0.3 is 0 Å². The molecule has 0 bridgehead atoms. The molecule has 7 nitrogen and oxygen atoms in total. The normalized spacial score (nSPS) is 10.7. The number of anilines is 1. The molecule has 0 saturated carbocycles. The third-order valence-corrected chi connectivity index (χ3v) is 5.70. The smallest absolute Gasteiger partial charge is 0.251 e. The van der Waals surface area contributed by atoms with Crippen LogP contribution in [0.15, 0.2) is 40.9 Å². The van der Waals surface area contributed by atoms with Gasteiger partial charge < -0.3 is 15.6 Å². The fraction of sp³-hybridized carbons (Fsp3) is 0.176. The minimum Gasteiger partial charge on any atom is -0.366 e. The Morgan fingerprint density at radius 1 is 1.26 bits per heavy atom. The number of hydrogen-bond donors (Lipinski definition) is 2. The van der Waals surface area contributed by atoms with Gasteiger partial charge in [0.1, 0.15) is 5.00 Å². The molecule has 1 aromatic carbocycles. The van der Waals surface area contributed by atoms with Crippen molar-refractivity contribution in [1.82, 2.24) is 14.8 Å². The standard InChI is InChI=1S/C17H16ClN5O2S2/c1-2-23-15(10-3-5-11(18)6-4-10)21-22-17(23)27-9-13(24)20-16-12(14(19)25)7-8-26-16/h3-8H,2,9H2,1H3,(H2,19,25)(H,20,24). The van der Waals surface area contributed by atoms with Gasteiger partial charge in [-0.1, -0.05) is 23.4 Å². The van der Waals surface area contributed by atoms with Crippen molar-refractivity contribution in [3.05, 3.63) is 46.3 Å². The van der Waals surface area contributed by atoms with E-state index in [1.54, 1.807) is 23.6 Å².